The first-order valence-electron chi connectivity index (χ1n) is 19.8. The Kier molecular flexibility index (Phi) is 11.7. The number of carbonyl (C=O) groups excluding carboxylic acids is 2. The van der Waals surface area contributed by atoms with Crippen LogP contribution in [0.5, 0.6) is 0 Å². The Morgan fingerprint density at radius 1 is 0.783 bits per heavy atom. The second-order valence-electron chi connectivity index (χ2n) is 15.5. The van der Waals surface area contributed by atoms with Crippen LogP contribution in [-0.2, 0) is 27.4 Å². The van der Waals surface area contributed by atoms with Crippen LogP contribution >= 0.6 is 0 Å². The first-order valence-corrected chi connectivity index (χ1v) is 19.8. The minimum Gasteiger partial charge on any atom is -0.392 e. The van der Waals surface area contributed by atoms with Crippen LogP contribution in [0, 0.1) is 35.0 Å². The monoisotopic (exact) mass is 826 g/mol. The summed E-state index contributed by atoms with van der Waals surface area (Å²) in [6.45, 7) is 4.30. The maximum Gasteiger partial charge on any atom is 0.257 e. The zero-order valence-electron chi connectivity index (χ0n) is 32.6. The van der Waals surface area contributed by atoms with Gasteiger partial charge in [-0.25, -0.2) is 22.0 Å². The van der Waals surface area contributed by atoms with E-state index in [9.17, 15) is 36.6 Å². The van der Waals surface area contributed by atoms with E-state index in [0.717, 1.165) is 33.5 Å². The van der Waals surface area contributed by atoms with Gasteiger partial charge in [-0.05, 0) is 58.9 Å². The molecule has 0 saturated carbocycles. The fourth-order valence-electron chi connectivity index (χ4n) is 8.49. The zero-order valence-corrected chi connectivity index (χ0v) is 32.6. The van der Waals surface area contributed by atoms with Crippen LogP contribution in [0.15, 0.2) is 103 Å². The number of halogens is 5. The van der Waals surface area contributed by atoms with Crippen LogP contribution in [0.25, 0.3) is 11.1 Å². The normalized spacial score (nSPS) is 21.6. The number of carbonyl (C=O) groups is 2. The van der Waals surface area contributed by atoms with Gasteiger partial charge < -0.3 is 35.0 Å². The predicted octanol–water partition coefficient (Wildman–Crippen LogP) is 7.69. The molecule has 0 unspecified atom stereocenters. The highest BCUT2D eigenvalue weighted by Gasteiger charge is 2.51. The van der Waals surface area contributed by atoms with E-state index in [2.05, 4.69) is 27.4 Å². The molecule has 5 aromatic carbocycles. The van der Waals surface area contributed by atoms with Gasteiger partial charge in [0.05, 0.1) is 25.5 Å². The van der Waals surface area contributed by atoms with E-state index in [1.807, 2.05) is 84.9 Å². The number of amides is 2. The van der Waals surface area contributed by atoms with Crippen LogP contribution in [0.1, 0.15) is 64.8 Å². The van der Waals surface area contributed by atoms with Crippen molar-refractivity contribution in [2.75, 3.05) is 31.2 Å². The highest BCUT2D eigenvalue weighted by molar-refractivity contribution is 5.95. The third-order valence-corrected chi connectivity index (χ3v) is 12.0. The lowest BCUT2D eigenvalue weighted by Gasteiger charge is -2.46. The summed E-state index contributed by atoms with van der Waals surface area (Å²) in [7, 11) is 0. The Morgan fingerprint density at radius 2 is 1.43 bits per heavy atom. The molecule has 2 amide bonds. The van der Waals surface area contributed by atoms with Crippen LogP contribution < -0.4 is 15.5 Å². The number of aliphatic hydroxyl groups is 1. The lowest BCUT2D eigenvalue weighted by Crippen LogP contribution is -2.57. The summed E-state index contributed by atoms with van der Waals surface area (Å²) < 4.78 is 82.8. The summed E-state index contributed by atoms with van der Waals surface area (Å²) in [4.78, 5) is 30.4. The minimum absolute atomic E-state index is 0.0516. The Balaban J connectivity index is 0.973. The van der Waals surface area contributed by atoms with Gasteiger partial charge in [-0.3, -0.25) is 9.59 Å². The molecule has 5 aromatic rings. The van der Waals surface area contributed by atoms with Crippen LogP contribution in [0.3, 0.4) is 0 Å². The Morgan fingerprint density at radius 3 is 2.10 bits per heavy atom. The number of rotatable bonds is 10. The van der Waals surface area contributed by atoms with E-state index in [1.54, 1.807) is 18.2 Å². The Labute approximate surface area is 343 Å². The molecule has 312 valence electrons. The van der Waals surface area contributed by atoms with Gasteiger partial charge >= 0.3 is 0 Å². The van der Waals surface area contributed by atoms with E-state index in [-0.39, 0.29) is 37.2 Å². The van der Waals surface area contributed by atoms with Crippen LogP contribution in [0.2, 0.25) is 0 Å². The van der Waals surface area contributed by atoms with Gasteiger partial charge in [0.25, 0.3) is 5.91 Å². The molecule has 0 radical (unpaired) electrons. The van der Waals surface area contributed by atoms with Crippen molar-refractivity contribution < 1.29 is 46.1 Å². The van der Waals surface area contributed by atoms with Crippen molar-refractivity contribution in [2.24, 2.45) is 5.92 Å². The number of piperidine rings is 1. The maximum atomic E-state index is 14.2. The number of benzene rings is 5. The van der Waals surface area contributed by atoms with Gasteiger partial charge in [-0.15, -0.1) is 0 Å². The topological polar surface area (TPSA) is 103 Å². The molecule has 3 aliphatic heterocycles. The molecular weight excluding hydrogens is 784 g/mol. The number of likely N-dealkylation sites (tertiary alicyclic amines) is 1. The molecule has 60 heavy (non-hydrogen) atoms. The second-order valence-corrected chi connectivity index (χ2v) is 15.5. The molecule has 4 atom stereocenters. The molecule has 9 nitrogen and oxygen atoms in total. The SMILES string of the molecule is C[C@@H]1[C@H](CN2CCC3(CC2)C(=O)NCN3c2ccccc2)O[C@H](c2ccc(-c3cccc(CNC(=O)c4c(F)c(F)c(F)c(F)c4F)c3)cc2)O[C@@H]1c1ccc(CO)cc1. The molecule has 1 spiro atoms. The quantitative estimate of drug-likeness (QED) is 0.0755. The number of para-hydroxylation sites is 1. The third-order valence-electron chi connectivity index (χ3n) is 12.0. The average Bonchev–Trinajstić information content (AvgIpc) is 3.60. The van der Waals surface area contributed by atoms with E-state index in [1.165, 1.54) is 0 Å². The van der Waals surface area contributed by atoms with Gasteiger partial charge in [0.15, 0.2) is 29.6 Å². The van der Waals surface area contributed by atoms with Gasteiger partial charge in [0.1, 0.15) is 11.1 Å². The number of nitrogens with zero attached hydrogens (tertiary/aromatic N) is 2. The lowest BCUT2D eigenvalue weighted by atomic mass is 9.84. The van der Waals surface area contributed by atoms with Crippen molar-refractivity contribution in [3.8, 4) is 11.1 Å². The number of aliphatic hydroxyl groups excluding tert-OH is 1. The fourth-order valence-corrected chi connectivity index (χ4v) is 8.49. The molecule has 14 heteroatoms. The average molecular weight is 827 g/mol. The van der Waals surface area contributed by atoms with Crippen molar-refractivity contribution in [1.82, 2.24) is 15.5 Å². The molecule has 0 aromatic heterocycles. The minimum atomic E-state index is -2.34. The summed E-state index contributed by atoms with van der Waals surface area (Å²) >= 11 is 0. The predicted molar refractivity (Wildman–Crippen MR) is 213 cm³/mol. The summed E-state index contributed by atoms with van der Waals surface area (Å²) in [5.74, 6) is -12.6. The molecule has 3 aliphatic rings. The lowest BCUT2D eigenvalue weighted by molar-refractivity contribution is -0.276. The molecule has 8 rings (SSSR count). The standard InChI is InChI=1S/C46H43F5N4O5/c1-27-35(24-54-20-18-46(19-21-54)45(58)53-26-55(46)34-8-3-2-4-9-34)59-44(60-42(27)31-12-10-28(25-56)11-13-31)32-16-14-30(15-17-32)33-7-5-6-29(22-33)23-52-43(57)36-37(47)39(49)41(51)40(50)38(36)48/h2-17,22,27,35,42,44,56H,18-21,23-26H2,1H3,(H,52,57)(H,53,58)/t27-,35+,42+,44+/m1/s1. The number of nitrogens with one attached hydrogen (secondary N) is 2. The highest BCUT2D eigenvalue weighted by atomic mass is 19.2. The van der Waals surface area contributed by atoms with E-state index in [0.29, 0.717) is 44.7 Å². The molecule has 0 aliphatic carbocycles. The van der Waals surface area contributed by atoms with E-state index >= 15 is 0 Å². The van der Waals surface area contributed by atoms with E-state index < -0.39 is 52.4 Å². The fraction of sp³-hybridized carbons (Fsp3) is 0.304. The molecule has 3 heterocycles. The summed E-state index contributed by atoms with van der Waals surface area (Å²) in [5.41, 5.74) is 3.43. The van der Waals surface area contributed by atoms with Gasteiger partial charge in [0, 0.05) is 43.3 Å². The molecule has 3 N–H and O–H groups in total. The van der Waals surface area contributed by atoms with Crippen molar-refractivity contribution >= 4 is 17.5 Å². The maximum absolute atomic E-state index is 14.2. The molecule has 3 fully saturated rings. The van der Waals surface area contributed by atoms with Gasteiger partial charge in [-0.1, -0.05) is 91.9 Å². The number of hydrogen-bond donors (Lipinski definition) is 3. The molecular formula is C46H43F5N4O5. The second kappa shape index (κ2) is 17.1. The van der Waals surface area contributed by atoms with Gasteiger partial charge in [0.2, 0.25) is 11.7 Å². The summed E-state index contributed by atoms with van der Waals surface area (Å²) in [6, 6.07) is 32.2. The highest BCUT2D eigenvalue weighted by Crippen LogP contribution is 2.43. The Bertz CT molecular complexity index is 2330. The van der Waals surface area contributed by atoms with E-state index in [4.69, 9.17) is 9.47 Å². The molecule has 3 saturated heterocycles. The van der Waals surface area contributed by atoms with Crippen LogP contribution in [0.4, 0.5) is 27.6 Å². The van der Waals surface area contributed by atoms with Gasteiger partial charge in [-0.2, -0.15) is 0 Å². The van der Waals surface area contributed by atoms with Crippen LogP contribution in [-0.4, -0.2) is 59.8 Å². The van der Waals surface area contributed by atoms with Crippen molar-refractivity contribution in [3.05, 3.63) is 160 Å². The first kappa shape index (κ1) is 41.1. The smallest absolute Gasteiger partial charge is 0.257 e. The number of ether oxygens (including phenoxy) is 2. The zero-order chi connectivity index (χ0) is 42.1. The Hall–Kier alpha value is -5.67. The number of anilines is 1. The number of hydrogen-bond acceptors (Lipinski definition) is 7. The summed E-state index contributed by atoms with van der Waals surface area (Å²) in [6.07, 6.45) is 0.0432. The van der Waals surface area contributed by atoms with Crippen molar-refractivity contribution in [3.63, 3.8) is 0 Å². The largest absolute Gasteiger partial charge is 0.392 e. The molecule has 0 bridgehead atoms. The van der Waals surface area contributed by atoms with Crippen molar-refractivity contribution in [1.29, 1.82) is 0 Å². The van der Waals surface area contributed by atoms with Crippen molar-refractivity contribution in [2.45, 2.75) is 57.0 Å². The summed E-state index contributed by atoms with van der Waals surface area (Å²) in [5, 5.41) is 15.0. The third kappa shape index (κ3) is 7.87. The first-order chi connectivity index (χ1) is 29.0.